The van der Waals surface area contributed by atoms with Crippen molar-refractivity contribution in [1.82, 2.24) is 5.32 Å². The summed E-state index contributed by atoms with van der Waals surface area (Å²) in [6.07, 6.45) is 0.828. The number of halogens is 3. The summed E-state index contributed by atoms with van der Waals surface area (Å²) < 4.78 is 3.58. The Kier molecular flexibility index (Phi) is 5.75. The van der Waals surface area contributed by atoms with E-state index in [2.05, 4.69) is 5.32 Å². The van der Waals surface area contributed by atoms with Crippen LogP contribution in [0.2, 0.25) is 0 Å². The maximum Gasteiger partial charge on any atom is 0.262 e. The normalized spacial score (nSPS) is 12.9. The molecule has 4 nitrogen and oxygen atoms in total. The largest absolute Gasteiger partial charge is 0.463 e. The van der Waals surface area contributed by atoms with E-state index in [1.54, 1.807) is 29.8 Å². The van der Waals surface area contributed by atoms with Gasteiger partial charge in [-0.25, -0.2) is 0 Å². The fourth-order valence-corrected chi connectivity index (χ4v) is 2.30. The van der Waals surface area contributed by atoms with Crippen molar-refractivity contribution in [2.75, 3.05) is 0 Å². The summed E-state index contributed by atoms with van der Waals surface area (Å²) in [4.78, 5) is 12.2. The number of rotatable bonds is 5. The summed E-state index contributed by atoms with van der Waals surface area (Å²) in [7, 11) is 0. The van der Waals surface area contributed by atoms with Gasteiger partial charge in [-0.2, -0.15) is 0 Å². The van der Waals surface area contributed by atoms with Crippen LogP contribution in [0.4, 0.5) is 0 Å². The van der Waals surface area contributed by atoms with Gasteiger partial charge in [-0.1, -0.05) is 52.5 Å². The van der Waals surface area contributed by atoms with E-state index in [9.17, 15) is 4.79 Å². The topological polar surface area (TPSA) is 58.9 Å². The van der Waals surface area contributed by atoms with E-state index >= 15 is 0 Å². The number of nitrogens with two attached hydrogens (primary N) is 1. The maximum atomic E-state index is 12.2. The number of nitrogens with one attached hydrogen (secondary N) is 1. The molecule has 0 aliphatic heterocycles. The average Bonchev–Trinajstić information content (AvgIpc) is 2.96. The predicted molar refractivity (Wildman–Crippen MR) is 87.1 cm³/mol. The first-order valence-electron chi connectivity index (χ1n) is 6.66. The number of hydrogen-bond acceptors (Lipinski definition) is 2. The van der Waals surface area contributed by atoms with E-state index in [1.165, 1.54) is 0 Å². The molecule has 1 atom stereocenters. The molecule has 0 saturated heterocycles. The Bertz CT molecular complexity index is 607. The molecule has 1 amide bonds. The Morgan fingerprint density at radius 2 is 1.95 bits per heavy atom. The van der Waals surface area contributed by atoms with E-state index in [0.29, 0.717) is 12.1 Å². The third kappa shape index (κ3) is 4.92. The van der Waals surface area contributed by atoms with Gasteiger partial charge in [0.15, 0.2) is 5.76 Å². The highest BCUT2D eigenvalue weighted by Crippen LogP contribution is 2.27. The van der Waals surface area contributed by atoms with E-state index in [-0.39, 0.29) is 5.91 Å². The fourth-order valence-electron chi connectivity index (χ4n) is 1.87. The zero-order valence-electron chi connectivity index (χ0n) is 11.9. The minimum atomic E-state index is -1.65. The molecule has 0 fully saturated rings. The van der Waals surface area contributed by atoms with Crippen LogP contribution in [0, 0.1) is 6.92 Å². The number of amides is 1. The summed E-state index contributed by atoms with van der Waals surface area (Å²) in [5.41, 5.74) is 1.58. The maximum absolute atomic E-state index is 12.2. The smallest absolute Gasteiger partial charge is 0.262 e. The standard InChI is InChI=1S/C15H15Cl3N2O2/c1-10-4-6-11(7-5-10)13(21)20-14(15(16,17)18)19-9-12-3-2-8-22-12/h2-8,14,19H,9H2,1H3,(H,20,21)/p+1. The highest BCUT2D eigenvalue weighted by molar-refractivity contribution is 6.68. The molecule has 1 heterocycles. The zero-order chi connectivity index (χ0) is 16.2. The van der Waals surface area contributed by atoms with Gasteiger partial charge in [-0.15, -0.1) is 0 Å². The summed E-state index contributed by atoms with van der Waals surface area (Å²) in [5, 5.41) is 4.43. The van der Waals surface area contributed by atoms with Crippen molar-refractivity contribution in [2.45, 2.75) is 23.4 Å². The summed E-state index contributed by atoms with van der Waals surface area (Å²) in [6.45, 7) is 2.39. The van der Waals surface area contributed by atoms with Crippen LogP contribution in [0.15, 0.2) is 47.1 Å². The van der Waals surface area contributed by atoms with Gasteiger partial charge in [0, 0.05) is 5.56 Å². The molecule has 0 spiro atoms. The van der Waals surface area contributed by atoms with Crippen LogP contribution in [0.1, 0.15) is 21.7 Å². The molecule has 0 saturated carbocycles. The average molecular weight is 363 g/mol. The van der Waals surface area contributed by atoms with Crippen LogP contribution in [0.5, 0.6) is 0 Å². The molecular weight excluding hydrogens is 347 g/mol. The summed E-state index contributed by atoms with van der Waals surface area (Å²) in [6, 6.07) is 10.8. The molecular formula is C15H16Cl3N2O2+. The monoisotopic (exact) mass is 361 g/mol. The summed E-state index contributed by atoms with van der Waals surface area (Å²) >= 11 is 17.9. The number of benzene rings is 1. The number of aryl methyl sites for hydroxylation is 1. The van der Waals surface area contributed by atoms with Gasteiger partial charge >= 0.3 is 0 Å². The van der Waals surface area contributed by atoms with Gasteiger partial charge in [-0.3, -0.25) is 10.1 Å². The van der Waals surface area contributed by atoms with Crippen molar-refractivity contribution in [3.8, 4) is 0 Å². The molecule has 118 valence electrons. The second-order valence-corrected chi connectivity index (χ2v) is 7.25. The molecule has 0 radical (unpaired) electrons. The van der Waals surface area contributed by atoms with Crippen LogP contribution in [-0.2, 0) is 6.54 Å². The Balaban J connectivity index is 2.03. The molecule has 2 rings (SSSR count). The van der Waals surface area contributed by atoms with Crippen molar-refractivity contribution in [3.05, 3.63) is 59.5 Å². The van der Waals surface area contributed by atoms with Crippen molar-refractivity contribution in [2.24, 2.45) is 0 Å². The predicted octanol–water partition coefficient (Wildman–Crippen LogP) is 2.78. The fraction of sp³-hybridized carbons (Fsp3) is 0.267. The van der Waals surface area contributed by atoms with Gasteiger partial charge in [0.1, 0.15) is 6.54 Å². The number of carbonyl (C=O) groups excluding carboxylic acids is 1. The minimum Gasteiger partial charge on any atom is -0.463 e. The minimum absolute atomic E-state index is 0.299. The van der Waals surface area contributed by atoms with Crippen LogP contribution in [0.3, 0.4) is 0 Å². The SMILES string of the molecule is Cc1ccc(C(=O)NC([NH2+]Cc2ccco2)C(Cl)(Cl)Cl)cc1. The lowest BCUT2D eigenvalue weighted by Crippen LogP contribution is -2.95. The molecule has 1 aromatic heterocycles. The zero-order valence-corrected chi connectivity index (χ0v) is 14.1. The molecule has 0 bridgehead atoms. The van der Waals surface area contributed by atoms with Crippen LogP contribution < -0.4 is 10.6 Å². The van der Waals surface area contributed by atoms with Gasteiger partial charge < -0.3 is 9.73 Å². The van der Waals surface area contributed by atoms with Gasteiger partial charge in [-0.05, 0) is 31.2 Å². The Hall–Kier alpha value is -1.20. The molecule has 0 aliphatic rings. The van der Waals surface area contributed by atoms with Crippen LogP contribution in [0.25, 0.3) is 0 Å². The number of carbonyl (C=O) groups is 1. The van der Waals surface area contributed by atoms with E-state index < -0.39 is 9.96 Å². The third-order valence-electron chi connectivity index (χ3n) is 3.09. The first-order chi connectivity index (χ1) is 10.4. The highest BCUT2D eigenvalue weighted by Gasteiger charge is 2.37. The molecule has 3 N–H and O–H groups in total. The molecule has 2 aromatic rings. The number of furan rings is 1. The summed E-state index contributed by atoms with van der Waals surface area (Å²) in [5.74, 6) is 0.427. The van der Waals surface area contributed by atoms with Gasteiger partial charge in [0.25, 0.3) is 9.70 Å². The molecule has 1 aromatic carbocycles. The van der Waals surface area contributed by atoms with E-state index in [4.69, 9.17) is 39.2 Å². The Morgan fingerprint density at radius 3 is 2.50 bits per heavy atom. The van der Waals surface area contributed by atoms with Crippen molar-refractivity contribution >= 4 is 40.7 Å². The lowest BCUT2D eigenvalue weighted by molar-refractivity contribution is -0.708. The molecule has 22 heavy (non-hydrogen) atoms. The van der Waals surface area contributed by atoms with Crippen molar-refractivity contribution in [3.63, 3.8) is 0 Å². The Labute approximate surface area is 143 Å². The first kappa shape index (κ1) is 17.2. The second kappa shape index (κ2) is 7.38. The molecule has 0 aliphatic carbocycles. The molecule has 1 unspecified atom stereocenters. The van der Waals surface area contributed by atoms with Crippen LogP contribution >= 0.6 is 34.8 Å². The van der Waals surface area contributed by atoms with Crippen molar-refractivity contribution in [1.29, 1.82) is 0 Å². The quantitative estimate of drug-likeness (QED) is 0.635. The van der Waals surface area contributed by atoms with Gasteiger partial charge in [0.2, 0.25) is 6.17 Å². The molecule has 7 heteroatoms. The van der Waals surface area contributed by atoms with E-state index in [0.717, 1.165) is 11.3 Å². The first-order valence-corrected chi connectivity index (χ1v) is 7.79. The highest BCUT2D eigenvalue weighted by atomic mass is 35.6. The lowest BCUT2D eigenvalue weighted by atomic mass is 10.1. The second-order valence-electron chi connectivity index (χ2n) is 4.88. The van der Waals surface area contributed by atoms with E-state index in [1.807, 2.05) is 25.1 Å². The Morgan fingerprint density at radius 1 is 1.27 bits per heavy atom. The number of alkyl halides is 3. The van der Waals surface area contributed by atoms with Gasteiger partial charge in [0.05, 0.1) is 6.26 Å². The van der Waals surface area contributed by atoms with Crippen LogP contribution in [-0.4, -0.2) is 15.9 Å². The number of quaternary nitrogens is 1. The lowest BCUT2D eigenvalue weighted by Gasteiger charge is -2.23. The van der Waals surface area contributed by atoms with Crippen molar-refractivity contribution < 1.29 is 14.5 Å². The third-order valence-corrected chi connectivity index (χ3v) is 3.79. The number of hydrogen-bond donors (Lipinski definition) is 2.